The molecule has 1 amide bonds. The van der Waals surface area contributed by atoms with Crippen molar-refractivity contribution in [2.45, 2.75) is 38.4 Å². The summed E-state index contributed by atoms with van der Waals surface area (Å²) < 4.78 is 38.0. The Labute approximate surface area is 127 Å². The van der Waals surface area contributed by atoms with Crippen molar-refractivity contribution in [3.8, 4) is 0 Å². The van der Waals surface area contributed by atoms with Crippen LogP contribution < -0.4 is 11.1 Å². The fraction of sp³-hybridized carbons (Fsp3) is 0.500. The summed E-state index contributed by atoms with van der Waals surface area (Å²) in [6.45, 7) is 1.66. The molecule has 3 nitrogen and oxygen atoms in total. The lowest BCUT2D eigenvalue weighted by molar-refractivity contribution is -0.137. The second kappa shape index (κ2) is 6.66. The number of anilines is 1. The van der Waals surface area contributed by atoms with Gasteiger partial charge in [-0.3, -0.25) is 4.79 Å². The molecule has 2 rings (SSSR count). The maximum atomic E-state index is 12.7. The van der Waals surface area contributed by atoms with E-state index in [4.69, 9.17) is 5.73 Å². The van der Waals surface area contributed by atoms with Gasteiger partial charge < -0.3 is 11.1 Å². The van der Waals surface area contributed by atoms with E-state index in [0.29, 0.717) is 12.0 Å². The van der Waals surface area contributed by atoms with Crippen LogP contribution in [0.5, 0.6) is 0 Å². The van der Waals surface area contributed by atoms with Gasteiger partial charge in [-0.25, -0.2) is 0 Å². The summed E-state index contributed by atoms with van der Waals surface area (Å²) in [5, 5.41) is 2.58. The van der Waals surface area contributed by atoms with Gasteiger partial charge in [0.2, 0.25) is 5.91 Å². The van der Waals surface area contributed by atoms with Crippen LogP contribution in [0.1, 0.15) is 30.4 Å². The molecule has 1 aliphatic carbocycles. The molecule has 1 saturated carbocycles. The number of hydrogen-bond donors (Lipinski definition) is 2. The number of carbonyl (C=O) groups excluding carboxylic acids is 1. The summed E-state index contributed by atoms with van der Waals surface area (Å²) in [5.74, 6) is -0.610. The molecule has 1 aromatic carbocycles. The number of benzene rings is 1. The number of alkyl halides is 3. The van der Waals surface area contributed by atoms with Crippen LogP contribution in [0.25, 0.3) is 0 Å². The van der Waals surface area contributed by atoms with E-state index in [0.717, 1.165) is 25.0 Å². The second-order valence-corrected chi connectivity index (χ2v) is 5.22. The summed E-state index contributed by atoms with van der Waals surface area (Å²) in [6, 6.07) is 3.12. The first-order valence-electron chi connectivity index (χ1n) is 6.53. The van der Waals surface area contributed by atoms with Crippen molar-refractivity contribution >= 4 is 24.0 Å². The third kappa shape index (κ3) is 4.11. The van der Waals surface area contributed by atoms with Crippen molar-refractivity contribution in [1.29, 1.82) is 0 Å². The fourth-order valence-electron chi connectivity index (χ4n) is 2.47. The molecule has 118 valence electrons. The maximum Gasteiger partial charge on any atom is 0.416 e. The standard InChI is InChI=1S/C14H17F3N2O.ClH/c1-8-5-6-9(14(15,16)17)7-12(8)19-13(20)10-3-2-4-11(10)18;/h5-7,10-11H,2-4,18H2,1H3,(H,19,20);1H. The molecule has 1 fully saturated rings. The Balaban J connectivity index is 0.00000220. The normalized spacial score (nSPS) is 21.8. The number of halogens is 4. The second-order valence-electron chi connectivity index (χ2n) is 5.22. The summed E-state index contributed by atoms with van der Waals surface area (Å²) >= 11 is 0. The summed E-state index contributed by atoms with van der Waals surface area (Å²) in [5.41, 5.74) is 5.85. The van der Waals surface area contributed by atoms with Crippen LogP contribution in [0.3, 0.4) is 0 Å². The molecule has 2 unspecified atom stereocenters. The quantitative estimate of drug-likeness (QED) is 0.875. The predicted molar refractivity (Wildman–Crippen MR) is 77.4 cm³/mol. The Morgan fingerprint density at radius 2 is 2.00 bits per heavy atom. The minimum Gasteiger partial charge on any atom is -0.327 e. The average Bonchev–Trinajstić information content (AvgIpc) is 2.77. The van der Waals surface area contributed by atoms with E-state index in [9.17, 15) is 18.0 Å². The zero-order valence-corrected chi connectivity index (χ0v) is 12.4. The average molecular weight is 323 g/mol. The molecule has 0 aliphatic heterocycles. The van der Waals surface area contributed by atoms with Crippen LogP contribution >= 0.6 is 12.4 Å². The summed E-state index contributed by atoms with van der Waals surface area (Å²) in [7, 11) is 0. The lowest BCUT2D eigenvalue weighted by Crippen LogP contribution is -2.34. The van der Waals surface area contributed by atoms with E-state index < -0.39 is 11.7 Å². The fourth-order valence-corrected chi connectivity index (χ4v) is 2.47. The van der Waals surface area contributed by atoms with Gasteiger partial charge >= 0.3 is 6.18 Å². The predicted octanol–water partition coefficient (Wildman–Crippen LogP) is 3.50. The molecule has 0 radical (unpaired) electrons. The van der Waals surface area contributed by atoms with Crippen LogP contribution in [-0.2, 0) is 11.0 Å². The number of nitrogens with one attached hydrogen (secondary N) is 1. The van der Waals surface area contributed by atoms with E-state index >= 15 is 0 Å². The third-order valence-electron chi connectivity index (χ3n) is 3.73. The molecule has 0 saturated heterocycles. The molecule has 1 aromatic rings. The first kappa shape index (κ1) is 17.8. The van der Waals surface area contributed by atoms with Crippen molar-refractivity contribution in [2.24, 2.45) is 11.7 Å². The van der Waals surface area contributed by atoms with Gasteiger partial charge in [-0.1, -0.05) is 12.5 Å². The minimum absolute atomic E-state index is 0. The van der Waals surface area contributed by atoms with Gasteiger partial charge in [0.25, 0.3) is 0 Å². The Morgan fingerprint density at radius 3 is 2.52 bits per heavy atom. The number of amides is 1. The number of aryl methyl sites for hydroxylation is 1. The minimum atomic E-state index is -4.42. The first-order valence-corrected chi connectivity index (χ1v) is 6.53. The van der Waals surface area contributed by atoms with Gasteiger partial charge in [0.15, 0.2) is 0 Å². The number of nitrogens with two attached hydrogens (primary N) is 1. The van der Waals surface area contributed by atoms with Crippen molar-refractivity contribution < 1.29 is 18.0 Å². The van der Waals surface area contributed by atoms with Gasteiger partial charge in [0.05, 0.1) is 11.5 Å². The number of rotatable bonds is 2. The SMILES string of the molecule is Cc1ccc(C(F)(F)F)cc1NC(=O)C1CCCC1N.Cl. The zero-order chi connectivity index (χ0) is 14.9. The molecule has 0 spiro atoms. The van der Waals surface area contributed by atoms with Crippen molar-refractivity contribution in [1.82, 2.24) is 0 Å². The third-order valence-corrected chi connectivity index (χ3v) is 3.73. The smallest absolute Gasteiger partial charge is 0.327 e. The van der Waals surface area contributed by atoms with E-state index in [1.54, 1.807) is 6.92 Å². The topological polar surface area (TPSA) is 55.1 Å². The molecule has 2 atom stereocenters. The molecule has 3 N–H and O–H groups in total. The largest absolute Gasteiger partial charge is 0.416 e. The van der Waals surface area contributed by atoms with Gasteiger partial charge in [-0.15, -0.1) is 12.4 Å². The molecule has 7 heteroatoms. The van der Waals surface area contributed by atoms with Gasteiger partial charge in [0, 0.05) is 11.7 Å². The summed E-state index contributed by atoms with van der Waals surface area (Å²) in [4.78, 5) is 12.1. The molecule has 0 bridgehead atoms. The van der Waals surface area contributed by atoms with Crippen molar-refractivity contribution in [3.63, 3.8) is 0 Å². The van der Waals surface area contributed by atoms with Gasteiger partial charge in [0.1, 0.15) is 0 Å². The van der Waals surface area contributed by atoms with Crippen LogP contribution in [-0.4, -0.2) is 11.9 Å². The Kier molecular flexibility index (Phi) is 5.64. The number of carbonyl (C=O) groups is 1. The lowest BCUT2D eigenvalue weighted by atomic mass is 10.0. The highest BCUT2D eigenvalue weighted by atomic mass is 35.5. The summed E-state index contributed by atoms with van der Waals surface area (Å²) in [6.07, 6.45) is -2.08. The number of hydrogen-bond acceptors (Lipinski definition) is 2. The van der Waals surface area contributed by atoms with Gasteiger partial charge in [-0.2, -0.15) is 13.2 Å². The molecule has 0 heterocycles. The van der Waals surface area contributed by atoms with Crippen LogP contribution in [0.4, 0.5) is 18.9 Å². The van der Waals surface area contributed by atoms with Crippen LogP contribution in [0.2, 0.25) is 0 Å². The van der Waals surface area contributed by atoms with E-state index in [2.05, 4.69) is 5.32 Å². The van der Waals surface area contributed by atoms with Crippen LogP contribution in [0, 0.1) is 12.8 Å². The molecular formula is C14H18ClF3N2O. The van der Waals surface area contributed by atoms with Gasteiger partial charge in [-0.05, 0) is 37.5 Å². The highest BCUT2D eigenvalue weighted by Crippen LogP contribution is 2.32. The van der Waals surface area contributed by atoms with Crippen molar-refractivity contribution in [2.75, 3.05) is 5.32 Å². The Hall–Kier alpha value is -1.27. The molecule has 0 aromatic heterocycles. The van der Waals surface area contributed by atoms with Crippen LogP contribution in [0.15, 0.2) is 18.2 Å². The highest BCUT2D eigenvalue weighted by molar-refractivity contribution is 5.94. The highest BCUT2D eigenvalue weighted by Gasteiger charge is 2.32. The Morgan fingerprint density at radius 1 is 1.33 bits per heavy atom. The van der Waals surface area contributed by atoms with Crippen molar-refractivity contribution in [3.05, 3.63) is 29.3 Å². The van der Waals surface area contributed by atoms with E-state index in [1.165, 1.54) is 6.07 Å². The molecule has 1 aliphatic rings. The Bertz CT molecular complexity index is 519. The molecular weight excluding hydrogens is 305 g/mol. The first-order chi connectivity index (χ1) is 9.29. The van der Waals surface area contributed by atoms with E-state index in [1.807, 2.05) is 0 Å². The zero-order valence-electron chi connectivity index (χ0n) is 11.5. The molecule has 21 heavy (non-hydrogen) atoms. The lowest BCUT2D eigenvalue weighted by Gasteiger charge is -2.17. The maximum absolute atomic E-state index is 12.7. The van der Waals surface area contributed by atoms with E-state index in [-0.39, 0.29) is 36.0 Å². The monoisotopic (exact) mass is 322 g/mol.